The van der Waals surface area contributed by atoms with E-state index in [0.717, 1.165) is 37.7 Å². The molecular formula is C17H27FN2. The largest absolute Gasteiger partial charge is 0.316 e. The summed E-state index contributed by atoms with van der Waals surface area (Å²) >= 11 is 0. The molecule has 2 nitrogen and oxygen atoms in total. The van der Waals surface area contributed by atoms with Gasteiger partial charge >= 0.3 is 0 Å². The molecule has 0 aliphatic carbocycles. The van der Waals surface area contributed by atoms with E-state index in [9.17, 15) is 4.39 Å². The first kappa shape index (κ1) is 15.5. The molecule has 3 heteroatoms. The summed E-state index contributed by atoms with van der Waals surface area (Å²) in [6.45, 7) is 9.75. The number of benzene rings is 1. The number of hydrogen-bond acceptors (Lipinski definition) is 2. The number of nitrogens with one attached hydrogen (secondary N) is 1. The molecule has 1 unspecified atom stereocenters. The number of piperidine rings is 1. The molecule has 20 heavy (non-hydrogen) atoms. The van der Waals surface area contributed by atoms with Gasteiger partial charge in [-0.2, -0.15) is 0 Å². The monoisotopic (exact) mass is 278 g/mol. The highest BCUT2D eigenvalue weighted by atomic mass is 19.1. The molecular weight excluding hydrogens is 251 g/mol. The second kappa shape index (κ2) is 7.75. The molecule has 0 radical (unpaired) electrons. The molecule has 1 N–H and O–H groups in total. The van der Waals surface area contributed by atoms with E-state index in [4.69, 9.17) is 0 Å². The molecule has 1 fully saturated rings. The van der Waals surface area contributed by atoms with Gasteiger partial charge in [0, 0.05) is 13.1 Å². The fourth-order valence-corrected chi connectivity index (χ4v) is 3.07. The van der Waals surface area contributed by atoms with Crippen LogP contribution in [0, 0.1) is 18.7 Å². The molecule has 0 aromatic heterocycles. The molecule has 1 aliphatic rings. The molecule has 0 amide bonds. The molecule has 1 saturated heterocycles. The molecule has 0 bridgehead atoms. The fourth-order valence-electron chi connectivity index (χ4n) is 3.07. The lowest BCUT2D eigenvalue weighted by atomic mass is 9.98. The Morgan fingerprint density at radius 1 is 1.40 bits per heavy atom. The van der Waals surface area contributed by atoms with Gasteiger partial charge in [0.2, 0.25) is 0 Å². The number of hydrogen-bond donors (Lipinski definition) is 1. The van der Waals surface area contributed by atoms with Crippen molar-refractivity contribution in [3.8, 4) is 0 Å². The van der Waals surface area contributed by atoms with E-state index in [-0.39, 0.29) is 5.82 Å². The summed E-state index contributed by atoms with van der Waals surface area (Å²) in [5, 5.41) is 3.49. The molecule has 112 valence electrons. The van der Waals surface area contributed by atoms with Gasteiger partial charge in [0.25, 0.3) is 0 Å². The summed E-state index contributed by atoms with van der Waals surface area (Å²) in [6.07, 6.45) is 3.79. The smallest absolute Gasteiger partial charge is 0.123 e. The lowest BCUT2D eigenvalue weighted by Crippen LogP contribution is -2.38. The average Bonchev–Trinajstić information content (AvgIpc) is 2.43. The van der Waals surface area contributed by atoms with Crippen molar-refractivity contribution in [2.45, 2.75) is 39.7 Å². The van der Waals surface area contributed by atoms with E-state index in [1.807, 2.05) is 13.0 Å². The van der Waals surface area contributed by atoms with Crippen LogP contribution in [0.5, 0.6) is 0 Å². The van der Waals surface area contributed by atoms with E-state index < -0.39 is 0 Å². The number of aryl methyl sites for hydroxylation is 1. The minimum Gasteiger partial charge on any atom is -0.316 e. The van der Waals surface area contributed by atoms with Gasteiger partial charge in [-0.15, -0.1) is 0 Å². The van der Waals surface area contributed by atoms with Crippen LogP contribution < -0.4 is 5.32 Å². The van der Waals surface area contributed by atoms with Crippen LogP contribution >= 0.6 is 0 Å². The molecule has 2 rings (SSSR count). The maximum Gasteiger partial charge on any atom is 0.123 e. The highest BCUT2D eigenvalue weighted by Gasteiger charge is 2.17. The Bertz CT molecular complexity index is 413. The second-order valence-corrected chi connectivity index (χ2v) is 6.02. The Morgan fingerprint density at radius 3 is 2.90 bits per heavy atom. The Labute approximate surface area is 122 Å². The topological polar surface area (TPSA) is 15.3 Å². The van der Waals surface area contributed by atoms with Gasteiger partial charge in [-0.25, -0.2) is 4.39 Å². The van der Waals surface area contributed by atoms with E-state index in [2.05, 4.69) is 17.1 Å². The zero-order valence-electron chi connectivity index (χ0n) is 12.8. The Kier molecular flexibility index (Phi) is 5.99. The van der Waals surface area contributed by atoms with Gasteiger partial charge < -0.3 is 5.32 Å². The number of nitrogens with zero attached hydrogens (tertiary/aromatic N) is 1. The number of halogens is 1. The predicted molar refractivity (Wildman–Crippen MR) is 82.3 cm³/mol. The lowest BCUT2D eigenvalue weighted by Gasteiger charge is -2.30. The third-order valence-corrected chi connectivity index (χ3v) is 4.15. The van der Waals surface area contributed by atoms with Crippen LogP contribution in [0.3, 0.4) is 0 Å². The van der Waals surface area contributed by atoms with Crippen molar-refractivity contribution in [3.05, 3.63) is 35.1 Å². The van der Waals surface area contributed by atoms with Crippen molar-refractivity contribution in [2.24, 2.45) is 5.92 Å². The van der Waals surface area contributed by atoms with Crippen LogP contribution in [0.4, 0.5) is 4.39 Å². The van der Waals surface area contributed by atoms with Gasteiger partial charge in [-0.05, 0) is 75.0 Å². The Morgan fingerprint density at radius 2 is 2.25 bits per heavy atom. The SMILES string of the molecule is CCCN(Cc1ccc(F)cc1C)CC1CCCNC1. The normalized spacial score (nSPS) is 19.5. The highest BCUT2D eigenvalue weighted by Crippen LogP contribution is 2.17. The summed E-state index contributed by atoms with van der Waals surface area (Å²) in [5.74, 6) is 0.626. The zero-order valence-corrected chi connectivity index (χ0v) is 12.8. The zero-order chi connectivity index (χ0) is 14.4. The van der Waals surface area contributed by atoms with E-state index in [1.165, 1.54) is 31.4 Å². The summed E-state index contributed by atoms with van der Waals surface area (Å²) in [6, 6.07) is 5.16. The fraction of sp³-hybridized carbons (Fsp3) is 0.647. The van der Waals surface area contributed by atoms with Gasteiger partial charge in [0.1, 0.15) is 5.82 Å². The lowest BCUT2D eigenvalue weighted by molar-refractivity contribution is 0.201. The maximum absolute atomic E-state index is 13.2. The van der Waals surface area contributed by atoms with Crippen molar-refractivity contribution in [2.75, 3.05) is 26.2 Å². The van der Waals surface area contributed by atoms with Crippen LogP contribution in [0.2, 0.25) is 0 Å². The van der Waals surface area contributed by atoms with Gasteiger partial charge in [-0.3, -0.25) is 4.90 Å². The summed E-state index contributed by atoms with van der Waals surface area (Å²) in [4.78, 5) is 2.53. The predicted octanol–water partition coefficient (Wildman–Crippen LogP) is 3.35. The van der Waals surface area contributed by atoms with Crippen molar-refractivity contribution in [3.63, 3.8) is 0 Å². The first-order valence-electron chi connectivity index (χ1n) is 7.87. The van der Waals surface area contributed by atoms with Crippen molar-refractivity contribution in [1.29, 1.82) is 0 Å². The second-order valence-electron chi connectivity index (χ2n) is 6.02. The Hall–Kier alpha value is -0.930. The van der Waals surface area contributed by atoms with E-state index in [0.29, 0.717) is 0 Å². The average molecular weight is 278 g/mol. The molecule has 1 aromatic carbocycles. The summed E-state index contributed by atoms with van der Waals surface area (Å²) in [7, 11) is 0. The summed E-state index contributed by atoms with van der Waals surface area (Å²) in [5.41, 5.74) is 2.32. The van der Waals surface area contributed by atoms with Crippen molar-refractivity contribution in [1.82, 2.24) is 10.2 Å². The van der Waals surface area contributed by atoms with Crippen LogP contribution in [0.1, 0.15) is 37.3 Å². The van der Waals surface area contributed by atoms with Gasteiger partial charge in [0.15, 0.2) is 0 Å². The number of rotatable bonds is 6. The molecule has 1 atom stereocenters. The van der Waals surface area contributed by atoms with Gasteiger partial charge in [-0.1, -0.05) is 13.0 Å². The third-order valence-electron chi connectivity index (χ3n) is 4.15. The van der Waals surface area contributed by atoms with Crippen LogP contribution in [0.25, 0.3) is 0 Å². The summed E-state index contributed by atoms with van der Waals surface area (Å²) < 4.78 is 13.2. The molecule has 1 aromatic rings. The van der Waals surface area contributed by atoms with E-state index in [1.54, 1.807) is 12.1 Å². The Balaban J connectivity index is 1.96. The molecule has 1 aliphatic heterocycles. The van der Waals surface area contributed by atoms with Crippen molar-refractivity contribution >= 4 is 0 Å². The minimum atomic E-state index is -0.134. The molecule has 0 spiro atoms. The molecule has 0 saturated carbocycles. The quantitative estimate of drug-likeness (QED) is 0.858. The first-order chi connectivity index (χ1) is 9.69. The van der Waals surface area contributed by atoms with Gasteiger partial charge in [0.05, 0.1) is 0 Å². The third kappa shape index (κ3) is 4.57. The van der Waals surface area contributed by atoms with Crippen LogP contribution in [-0.2, 0) is 6.54 Å². The minimum absolute atomic E-state index is 0.134. The standard InChI is InChI=1S/C17H27FN2/c1-3-9-20(12-15-5-4-8-19-11-15)13-16-6-7-17(18)10-14(16)2/h6-7,10,15,19H,3-5,8-9,11-13H2,1-2H3. The van der Waals surface area contributed by atoms with Crippen LogP contribution in [0.15, 0.2) is 18.2 Å². The first-order valence-corrected chi connectivity index (χ1v) is 7.87. The molecule has 1 heterocycles. The van der Waals surface area contributed by atoms with E-state index >= 15 is 0 Å². The highest BCUT2D eigenvalue weighted by molar-refractivity contribution is 5.26. The maximum atomic E-state index is 13.2. The van der Waals surface area contributed by atoms with Crippen molar-refractivity contribution < 1.29 is 4.39 Å². The van der Waals surface area contributed by atoms with Crippen LogP contribution in [-0.4, -0.2) is 31.1 Å².